The van der Waals surface area contributed by atoms with Crippen molar-refractivity contribution in [3.63, 3.8) is 0 Å². The Labute approximate surface area is 164 Å². The second kappa shape index (κ2) is 8.01. The number of hydrogen-bond acceptors (Lipinski definition) is 5. The maximum atomic E-state index is 12.9. The second-order valence-electron chi connectivity index (χ2n) is 8.19. The van der Waals surface area contributed by atoms with Crippen molar-refractivity contribution in [3.8, 4) is 0 Å². The average molecular weight is 384 g/mol. The number of fused-ring (bicyclic) bond motifs is 1. The molecular weight excluding hydrogens is 356 g/mol. The normalized spacial score (nSPS) is 24.6. The van der Waals surface area contributed by atoms with Crippen molar-refractivity contribution in [1.29, 1.82) is 0 Å². The van der Waals surface area contributed by atoms with Crippen LogP contribution in [0.15, 0.2) is 29.2 Å². The summed E-state index contributed by atoms with van der Waals surface area (Å²) in [6.45, 7) is 8.90. The first-order chi connectivity index (χ1) is 13.5. The number of rotatable bonds is 3. The number of likely N-dealkylation sites (tertiary alicyclic amines) is 1. The number of carbonyl (C=O) groups excluding carboxylic acids is 1. The van der Waals surface area contributed by atoms with E-state index in [1.54, 1.807) is 18.2 Å². The summed E-state index contributed by atoms with van der Waals surface area (Å²) in [7, 11) is 0. The fourth-order valence-electron chi connectivity index (χ4n) is 4.47. The zero-order valence-corrected chi connectivity index (χ0v) is 16.6. The molecule has 0 bridgehead atoms. The Bertz CT molecular complexity index is 894. The minimum atomic E-state index is -0.260. The number of ether oxygens (including phenoxy) is 1. The Morgan fingerprint density at radius 1 is 1.21 bits per heavy atom. The number of aromatic nitrogens is 2. The third kappa shape index (κ3) is 4.25. The van der Waals surface area contributed by atoms with Gasteiger partial charge in [-0.05, 0) is 50.8 Å². The summed E-state index contributed by atoms with van der Waals surface area (Å²) in [6, 6.07) is 5.30. The standard InChI is InChI=1S/C21H28N4O3/c1-14-11-24(12-15(2)28-14)13-16-5-7-25(8-6-16)21(27)17-3-4-18-19(9-17)23-20(26)10-22-18/h3-4,9-10,14-16H,5-8,11-13H2,1-2H3,(H,23,26)/t14-,15+. The van der Waals surface area contributed by atoms with Gasteiger partial charge in [-0.2, -0.15) is 0 Å². The molecule has 150 valence electrons. The predicted octanol–water partition coefficient (Wildman–Crippen LogP) is 1.88. The quantitative estimate of drug-likeness (QED) is 0.874. The summed E-state index contributed by atoms with van der Waals surface area (Å²) in [5.41, 5.74) is 1.63. The molecule has 2 aromatic rings. The molecule has 1 amide bonds. The van der Waals surface area contributed by atoms with Gasteiger partial charge in [-0.3, -0.25) is 14.5 Å². The minimum Gasteiger partial charge on any atom is -0.373 e. The summed E-state index contributed by atoms with van der Waals surface area (Å²) in [4.78, 5) is 35.6. The summed E-state index contributed by atoms with van der Waals surface area (Å²) in [6.07, 6.45) is 3.89. The average Bonchev–Trinajstić information content (AvgIpc) is 2.66. The van der Waals surface area contributed by atoms with Crippen LogP contribution in [0.1, 0.15) is 37.0 Å². The predicted molar refractivity (Wildman–Crippen MR) is 107 cm³/mol. The third-order valence-corrected chi connectivity index (χ3v) is 5.74. The van der Waals surface area contributed by atoms with E-state index in [9.17, 15) is 9.59 Å². The molecule has 2 aliphatic rings. The van der Waals surface area contributed by atoms with Gasteiger partial charge >= 0.3 is 0 Å². The molecule has 0 saturated carbocycles. The highest BCUT2D eigenvalue weighted by atomic mass is 16.5. The fraction of sp³-hybridized carbons (Fsp3) is 0.571. The topological polar surface area (TPSA) is 78.5 Å². The molecule has 2 aliphatic heterocycles. The summed E-state index contributed by atoms with van der Waals surface area (Å²) in [5.74, 6) is 0.650. The van der Waals surface area contributed by atoms with E-state index in [0.717, 1.165) is 45.6 Å². The molecule has 3 heterocycles. The Morgan fingerprint density at radius 2 is 1.93 bits per heavy atom. The number of piperidine rings is 1. The van der Waals surface area contributed by atoms with Crippen molar-refractivity contribution in [2.24, 2.45) is 5.92 Å². The zero-order chi connectivity index (χ0) is 19.7. The lowest BCUT2D eigenvalue weighted by Crippen LogP contribution is -2.48. The van der Waals surface area contributed by atoms with E-state index in [1.165, 1.54) is 6.20 Å². The highest BCUT2D eigenvalue weighted by molar-refractivity contribution is 5.97. The largest absolute Gasteiger partial charge is 0.373 e. The van der Waals surface area contributed by atoms with Gasteiger partial charge in [0.15, 0.2) is 0 Å². The van der Waals surface area contributed by atoms with E-state index >= 15 is 0 Å². The molecule has 2 atom stereocenters. The van der Waals surface area contributed by atoms with E-state index in [1.807, 2.05) is 4.90 Å². The number of carbonyl (C=O) groups is 1. The van der Waals surface area contributed by atoms with Gasteiger partial charge < -0.3 is 14.6 Å². The molecule has 28 heavy (non-hydrogen) atoms. The van der Waals surface area contributed by atoms with E-state index in [0.29, 0.717) is 34.7 Å². The Hall–Kier alpha value is -2.25. The van der Waals surface area contributed by atoms with E-state index < -0.39 is 0 Å². The molecule has 1 aromatic carbocycles. The molecule has 0 spiro atoms. The van der Waals surface area contributed by atoms with Crippen LogP contribution in [-0.4, -0.2) is 70.6 Å². The third-order valence-electron chi connectivity index (χ3n) is 5.74. The van der Waals surface area contributed by atoms with Gasteiger partial charge in [0.2, 0.25) is 0 Å². The summed E-state index contributed by atoms with van der Waals surface area (Å²) >= 11 is 0. The van der Waals surface area contributed by atoms with Gasteiger partial charge in [-0.25, -0.2) is 4.98 Å². The molecule has 7 heteroatoms. The van der Waals surface area contributed by atoms with Crippen molar-refractivity contribution >= 4 is 16.9 Å². The number of amides is 1. The van der Waals surface area contributed by atoms with Gasteiger partial charge in [-0.15, -0.1) is 0 Å². The van der Waals surface area contributed by atoms with Crippen LogP contribution in [0.5, 0.6) is 0 Å². The molecule has 0 aliphatic carbocycles. The van der Waals surface area contributed by atoms with Gasteiger partial charge in [0.05, 0.1) is 29.4 Å². The Balaban J connectivity index is 1.35. The van der Waals surface area contributed by atoms with Crippen LogP contribution in [0, 0.1) is 5.92 Å². The lowest BCUT2D eigenvalue weighted by molar-refractivity contribution is -0.0728. The van der Waals surface area contributed by atoms with Crippen LogP contribution in [0.25, 0.3) is 11.0 Å². The molecule has 0 radical (unpaired) electrons. The van der Waals surface area contributed by atoms with E-state index in [-0.39, 0.29) is 11.5 Å². The fourth-order valence-corrected chi connectivity index (χ4v) is 4.47. The first-order valence-corrected chi connectivity index (χ1v) is 10.1. The zero-order valence-electron chi connectivity index (χ0n) is 16.6. The van der Waals surface area contributed by atoms with Crippen LogP contribution in [-0.2, 0) is 4.74 Å². The second-order valence-corrected chi connectivity index (χ2v) is 8.19. The van der Waals surface area contributed by atoms with Crippen LogP contribution in [0.2, 0.25) is 0 Å². The van der Waals surface area contributed by atoms with Crippen molar-refractivity contribution in [3.05, 3.63) is 40.3 Å². The maximum Gasteiger partial charge on any atom is 0.266 e. The Kier molecular flexibility index (Phi) is 5.46. The smallest absolute Gasteiger partial charge is 0.266 e. The van der Waals surface area contributed by atoms with Crippen molar-refractivity contribution in [1.82, 2.24) is 19.8 Å². The number of benzene rings is 1. The highest BCUT2D eigenvalue weighted by Crippen LogP contribution is 2.22. The number of morpholine rings is 1. The molecule has 1 aromatic heterocycles. The highest BCUT2D eigenvalue weighted by Gasteiger charge is 2.28. The van der Waals surface area contributed by atoms with E-state index in [2.05, 4.69) is 28.7 Å². The number of aromatic amines is 1. The molecular formula is C21H28N4O3. The molecule has 2 fully saturated rings. The maximum absolute atomic E-state index is 12.9. The van der Waals surface area contributed by atoms with Crippen LogP contribution < -0.4 is 5.56 Å². The molecule has 7 nitrogen and oxygen atoms in total. The summed E-state index contributed by atoms with van der Waals surface area (Å²) < 4.78 is 5.82. The van der Waals surface area contributed by atoms with Gasteiger partial charge in [0.25, 0.3) is 11.5 Å². The molecule has 2 saturated heterocycles. The lowest BCUT2D eigenvalue weighted by atomic mass is 9.95. The molecule has 4 rings (SSSR count). The summed E-state index contributed by atoms with van der Waals surface area (Å²) in [5, 5.41) is 0. The number of nitrogens with one attached hydrogen (secondary N) is 1. The van der Waals surface area contributed by atoms with Crippen molar-refractivity contribution < 1.29 is 9.53 Å². The van der Waals surface area contributed by atoms with Crippen LogP contribution >= 0.6 is 0 Å². The number of nitrogens with zero attached hydrogens (tertiary/aromatic N) is 3. The van der Waals surface area contributed by atoms with Crippen molar-refractivity contribution in [2.45, 2.75) is 38.9 Å². The first-order valence-electron chi connectivity index (χ1n) is 10.1. The first kappa shape index (κ1) is 19.1. The SMILES string of the molecule is C[C@@H]1CN(CC2CCN(C(=O)c3ccc4ncc(=O)[nH]c4c3)CC2)C[C@H](C)O1. The van der Waals surface area contributed by atoms with E-state index in [4.69, 9.17) is 4.74 Å². The van der Waals surface area contributed by atoms with Gasteiger partial charge in [0.1, 0.15) is 0 Å². The molecule has 1 N–H and O–H groups in total. The monoisotopic (exact) mass is 384 g/mol. The number of H-pyrrole nitrogens is 1. The molecule has 0 unspecified atom stereocenters. The lowest BCUT2D eigenvalue weighted by Gasteiger charge is -2.39. The Morgan fingerprint density at radius 3 is 2.64 bits per heavy atom. The van der Waals surface area contributed by atoms with Crippen LogP contribution in [0.3, 0.4) is 0 Å². The minimum absolute atomic E-state index is 0.0265. The number of hydrogen-bond donors (Lipinski definition) is 1. The van der Waals surface area contributed by atoms with Gasteiger partial charge in [0, 0.05) is 38.3 Å². The van der Waals surface area contributed by atoms with Gasteiger partial charge in [-0.1, -0.05) is 0 Å². The van der Waals surface area contributed by atoms with Crippen molar-refractivity contribution in [2.75, 3.05) is 32.7 Å². The van der Waals surface area contributed by atoms with Crippen LogP contribution in [0.4, 0.5) is 0 Å².